The van der Waals surface area contributed by atoms with Gasteiger partial charge in [-0.15, -0.1) is 0 Å². The van der Waals surface area contributed by atoms with Crippen LogP contribution in [0.3, 0.4) is 0 Å². The second kappa shape index (κ2) is 5.39. The lowest BCUT2D eigenvalue weighted by Crippen LogP contribution is -1.95. The van der Waals surface area contributed by atoms with Crippen molar-refractivity contribution in [1.29, 1.82) is 0 Å². The summed E-state index contributed by atoms with van der Waals surface area (Å²) < 4.78 is 2.96. The van der Waals surface area contributed by atoms with Crippen LogP contribution in [-0.2, 0) is 0 Å². The molecule has 22 heavy (non-hydrogen) atoms. The Kier molecular flexibility index (Phi) is 3.24. The van der Waals surface area contributed by atoms with Gasteiger partial charge in [0.15, 0.2) is 5.65 Å². The van der Waals surface area contributed by atoms with Gasteiger partial charge < -0.3 is 0 Å². The van der Waals surface area contributed by atoms with E-state index >= 15 is 0 Å². The van der Waals surface area contributed by atoms with Gasteiger partial charge in [-0.25, -0.2) is 9.50 Å². The smallest absolute Gasteiger partial charge is 0.163 e. The van der Waals surface area contributed by atoms with Crippen molar-refractivity contribution in [3.63, 3.8) is 0 Å². The van der Waals surface area contributed by atoms with Crippen molar-refractivity contribution in [2.24, 2.45) is 0 Å². The van der Waals surface area contributed by atoms with Crippen LogP contribution in [0.1, 0.15) is 0 Å². The van der Waals surface area contributed by atoms with Gasteiger partial charge in [-0.2, -0.15) is 5.10 Å². The van der Waals surface area contributed by atoms with Crippen molar-refractivity contribution in [3.8, 4) is 22.4 Å². The van der Waals surface area contributed by atoms with Gasteiger partial charge in [0.05, 0.1) is 11.9 Å². The highest BCUT2D eigenvalue weighted by molar-refractivity contribution is 9.10. The number of halogens is 1. The number of rotatable bonds is 2. The highest BCUT2D eigenvalue weighted by Crippen LogP contribution is 2.27. The topological polar surface area (TPSA) is 30.2 Å². The third-order valence-electron chi connectivity index (χ3n) is 3.63. The maximum atomic E-state index is 4.54. The van der Waals surface area contributed by atoms with Crippen LogP contribution in [-0.4, -0.2) is 14.6 Å². The average Bonchev–Trinajstić information content (AvgIpc) is 3.00. The van der Waals surface area contributed by atoms with Gasteiger partial charge in [-0.3, -0.25) is 0 Å². The summed E-state index contributed by atoms with van der Waals surface area (Å²) >= 11 is 3.46. The van der Waals surface area contributed by atoms with Crippen LogP contribution in [0.15, 0.2) is 77.5 Å². The molecule has 0 bridgehead atoms. The minimum atomic E-state index is 0.865. The van der Waals surface area contributed by atoms with Gasteiger partial charge >= 0.3 is 0 Å². The molecule has 0 fully saturated rings. The van der Waals surface area contributed by atoms with Crippen molar-refractivity contribution < 1.29 is 0 Å². The zero-order valence-electron chi connectivity index (χ0n) is 11.6. The van der Waals surface area contributed by atoms with Crippen molar-refractivity contribution in [2.45, 2.75) is 0 Å². The number of benzene rings is 2. The molecule has 0 N–H and O–H groups in total. The van der Waals surface area contributed by atoms with Crippen LogP contribution in [0, 0.1) is 0 Å². The molecule has 0 unspecified atom stereocenters. The second-order valence-electron chi connectivity index (χ2n) is 5.00. The molecule has 0 spiro atoms. The SMILES string of the molecule is Brc1ccc(-c2cnn3c(-c4ccccc4)ccnc23)cc1. The van der Waals surface area contributed by atoms with Crippen LogP contribution >= 0.6 is 15.9 Å². The van der Waals surface area contributed by atoms with E-state index in [1.165, 1.54) is 0 Å². The predicted molar refractivity (Wildman–Crippen MR) is 91.6 cm³/mol. The monoisotopic (exact) mass is 349 g/mol. The van der Waals surface area contributed by atoms with Crippen LogP contribution in [0.25, 0.3) is 28.0 Å². The number of hydrogen-bond acceptors (Lipinski definition) is 2. The Morgan fingerprint density at radius 2 is 1.59 bits per heavy atom. The lowest BCUT2D eigenvalue weighted by Gasteiger charge is -2.05. The lowest BCUT2D eigenvalue weighted by atomic mass is 10.1. The molecule has 0 aliphatic carbocycles. The molecule has 4 heteroatoms. The van der Waals surface area contributed by atoms with E-state index in [1.54, 1.807) is 0 Å². The number of nitrogens with zero attached hydrogens (tertiary/aromatic N) is 3. The molecule has 0 saturated carbocycles. The molecule has 0 amide bonds. The third-order valence-corrected chi connectivity index (χ3v) is 4.15. The molecule has 2 heterocycles. The van der Waals surface area contributed by atoms with Gasteiger partial charge in [0.1, 0.15) is 0 Å². The minimum absolute atomic E-state index is 0.865. The van der Waals surface area contributed by atoms with Crippen molar-refractivity contribution in [3.05, 3.63) is 77.5 Å². The number of hydrogen-bond donors (Lipinski definition) is 0. The van der Waals surface area contributed by atoms with E-state index in [2.05, 4.69) is 50.3 Å². The average molecular weight is 350 g/mol. The predicted octanol–water partition coefficient (Wildman–Crippen LogP) is 4.83. The highest BCUT2D eigenvalue weighted by Gasteiger charge is 2.11. The Morgan fingerprint density at radius 1 is 0.818 bits per heavy atom. The van der Waals surface area contributed by atoms with E-state index in [-0.39, 0.29) is 0 Å². The second-order valence-corrected chi connectivity index (χ2v) is 5.91. The summed E-state index contributed by atoms with van der Waals surface area (Å²) in [6.45, 7) is 0. The van der Waals surface area contributed by atoms with Gasteiger partial charge in [0, 0.05) is 21.8 Å². The minimum Gasteiger partial charge on any atom is -0.236 e. The van der Waals surface area contributed by atoms with Crippen molar-refractivity contribution in [1.82, 2.24) is 14.6 Å². The van der Waals surface area contributed by atoms with Gasteiger partial charge in [0.25, 0.3) is 0 Å². The van der Waals surface area contributed by atoms with E-state index in [0.717, 1.165) is 32.5 Å². The Bertz CT molecular complexity index is 928. The van der Waals surface area contributed by atoms with E-state index in [9.17, 15) is 0 Å². The van der Waals surface area contributed by atoms with Crippen molar-refractivity contribution >= 4 is 21.6 Å². The normalized spacial score (nSPS) is 11.0. The molecule has 4 rings (SSSR count). The molecule has 2 aromatic carbocycles. The fourth-order valence-electron chi connectivity index (χ4n) is 2.55. The quantitative estimate of drug-likeness (QED) is 0.519. The standard InChI is InChI=1S/C18H12BrN3/c19-15-8-6-13(7-9-15)16-12-21-22-17(10-11-20-18(16)22)14-4-2-1-3-5-14/h1-12H. The molecule has 106 valence electrons. The first kappa shape index (κ1) is 13.2. The van der Waals surface area contributed by atoms with Crippen LogP contribution < -0.4 is 0 Å². The highest BCUT2D eigenvalue weighted by atomic mass is 79.9. The summed E-state index contributed by atoms with van der Waals surface area (Å²) in [5.74, 6) is 0. The van der Waals surface area contributed by atoms with E-state index in [4.69, 9.17) is 0 Å². The van der Waals surface area contributed by atoms with E-state index < -0.39 is 0 Å². The molecule has 3 nitrogen and oxygen atoms in total. The Hall–Kier alpha value is -2.46. The van der Waals surface area contributed by atoms with E-state index in [0.29, 0.717) is 0 Å². The maximum absolute atomic E-state index is 4.54. The first-order valence-electron chi connectivity index (χ1n) is 6.97. The lowest BCUT2D eigenvalue weighted by molar-refractivity contribution is 0.948. The fourth-order valence-corrected chi connectivity index (χ4v) is 2.82. The van der Waals surface area contributed by atoms with Gasteiger partial charge in [-0.1, -0.05) is 58.4 Å². The summed E-state index contributed by atoms with van der Waals surface area (Å²) in [6.07, 6.45) is 3.71. The zero-order valence-corrected chi connectivity index (χ0v) is 13.2. The first-order valence-corrected chi connectivity index (χ1v) is 7.76. The molecule has 0 aliphatic rings. The molecule has 4 aromatic rings. The molecular formula is C18H12BrN3. The van der Waals surface area contributed by atoms with Crippen LogP contribution in [0.2, 0.25) is 0 Å². The Balaban J connectivity index is 1.92. The summed E-state index contributed by atoms with van der Waals surface area (Å²) in [5.41, 5.74) is 5.17. The molecule has 0 aliphatic heterocycles. The van der Waals surface area contributed by atoms with Gasteiger partial charge in [0.2, 0.25) is 0 Å². The molecular weight excluding hydrogens is 338 g/mol. The summed E-state index contributed by atoms with van der Waals surface area (Å²) in [6, 6.07) is 20.4. The number of aromatic nitrogens is 3. The summed E-state index contributed by atoms with van der Waals surface area (Å²) in [4.78, 5) is 4.51. The molecule has 0 atom stereocenters. The van der Waals surface area contributed by atoms with Crippen molar-refractivity contribution in [2.75, 3.05) is 0 Å². The zero-order chi connectivity index (χ0) is 14.9. The molecule has 2 aromatic heterocycles. The Morgan fingerprint density at radius 3 is 2.36 bits per heavy atom. The fraction of sp³-hybridized carbons (Fsp3) is 0. The number of fused-ring (bicyclic) bond motifs is 1. The van der Waals surface area contributed by atoms with Crippen LogP contribution in [0.4, 0.5) is 0 Å². The summed E-state index contributed by atoms with van der Waals surface area (Å²) in [7, 11) is 0. The largest absolute Gasteiger partial charge is 0.236 e. The van der Waals surface area contributed by atoms with Crippen LogP contribution in [0.5, 0.6) is 0 Å². The third kappa shape index (κ3) is 2.22. The summed E-state index contributed by atoms with van der Waals surface area (Å²) in [5, 5.41) is 4.54. The Labute approximate surface area is 136 Å². The molecule has 0 radical (unpaired) electrons. The van der Waals surface area contributed by atoms with Gasteiger partial charge in [-0.05, 0) is 23.8 Å². The maximum Gasteiger partial charge on any atom is 0.163 e. The first-order chi connectivity index (χ1) is 10.8. The van der Waals surface area contributed by atoms with E-state index in [1.807, 2.05) is 53.3 Å². The molecule has 0 saturated heterocycles.